The van der Waals surface area contributed by atoms with Gasteiger partial charge in [-0.25, -0.2) is 0 Å². The monoisotopic (exact) mass is 338 g/mol. The van der Waals surface area contributed by atoms with Crippen LogP contribution in [0.15, 0.2) is 34.3 Å². The van der Waals surface area contributed by atoms with Crippen molar-refractivity contribution in [1.29, 1.82) is 0 Å². The Balaban J connectivity index is 1.99. The lowest BCUT2D eigenvalue weighted by Crippen LogP contribution is -2.20. The fourth-order valence-corrected chi connectivity index (χ4v) is 3.26. The first-order valence-electron chi connectivity index (χ1n) is 6.81. The quantitative estimate of drug-likeness (QED) is 0.489. The Morgan fingerprint density at radius 3 is 2.90 bits per heavy atom. The maximum Gasteiger partial charge on any atom is 0.285 e. The molecule has 0 aromatic heterocycles. The lowest BCUT2D eigenvalue weighted by Gasteiger charge is -2.25. The summed E-state index contributed by atoms with van der Waals surface area (Å²) in [5.74, 6) is 1.22. The van der Waals surface area contributed by atoms with Gasteiger partial charge in [-0.2, -0.15) is 0 Å². The molecule has 4 nitrogen and oxygen atoms in total. The molecule has 2 unspecified atom stereocenters. The molecule has 1 aromatic carbocycles. The molecule has 1 aliphatic rings. The van der Waals surface area contributed by atoms with Crippen LogP contribution in [0.1, 0.15) is 26.7 Å². The zero-order valence-corrected chi connectivity index (χ0v) is 13.3. The highest BCUT2D eigenvalue weighted by atomic mass is 79.9. The zero-order chi connectivity index (χ0) is 14.7. The molecule has 0 amide bonds. The van der Waals surface area contributed by atoms with Gasteiger partial charge in [-0.15, -0.1) is 0 Å². The first-order valence-corrected chi connectivity index (χ1v) is 7.60. The second kappa shape index (κ2) is 6.39. The molecule has 0 saturated heterocycles. The Kier molecular flexibility index (Phi) is 4.81. The normalized spacial score (nSPS) is 22.2. The highest BCUT2D eigenvalue weighted by molar-refractivity contribution is 9.10. The molecule has 2 rings (SSSR count). The minimum absolute atomic E-state index is 0.100. The van der Waals surface area contributed by atoms with Crippen molar-refractivity contribution in [3.05, 3.63) is 44.4 Å². The van der Waals surface area contributed by atoms with Crippen LogP contribution in [0.4, 0.5) is 11.4 Å². The zero-order valence-electron chi connectivity index (χ0n) is 11.7. The average molecular weight is 339 g/mol. The lowest BCUT2D eigenvalue weighted by atomic mass is 9.84. The topological polar surface area (TPSA) is 55.2 Å². The Labute approximate surface area is 127 Å². The van der Waals surface area contributed by atoms with Crippen LogP contribution < -0.4 is 5.32 Å². The van der Waals surface area contributed by atoms with E-state index in [1.807, 2.05) is 6.07 Å². The van der Waals surface area contributed by atoms with E-state index in [2.05, 4.69) is 41.2 Å². The molecule has 0 fully saturated rings. The predicted molar refractivity (Wildman–Crippen MR) is 84.9 cm³/mol. The summed E-state index contributed by atoms with van der Waals surface area (Å²) in [5, 5.41) is 14.2. The molecule has 1 aromatic rings. The van der Waals surface area contributed by atoms with Crippen LogP contribution in [0, 0.1) is 22.0 Å². The Morgan fingerprint density at radius 1 is 1.50 bits per heavy atom. The van der Waals surface area contributed by atoms with Gasteiger partial charge in [0.05, 0.1) is 9.40 Å². The van der Waals surface area contributed by atoms with Crippen molar-refractivity contribution < 1.29 is 4.92 Å². The van der Waals surface area contributed by atoms with Crippen LogP contribution in [-0.4, -0.2) is 11.5 Å². The van der Waals surface area contributed by atoms with E-state index in [0.717, 1.165) is 18.7 Å². The van der Waals surface area contributed by atoms with Crippen LogP contribution in [-0.2, 0) is 0 Å². The summed E-state index contributed by atoms with van der Waals surface area (Å²) in [5.41, 5.74) is 2.35. The van der Waals surface area contributed by atoms with Gasteiger partial charge in [0.2, 0.25) is 0 Å². The van der Waals surface area contributed by atoms with Crippen molar-refractivity contribution in [2.24, 2.45) is 11.8 Å². The third-order valence-electron chi connectivity index (χ3n) is 3.62. The number of rotatable bonds is 4. The minimum atomic E-state index is -0.370. The SMILES string of the molecule is CC1=CC(C)CC(CNc2ccc(Br)c([N+](=O)[O-])c2)C1. The summed E-state index contributed by atoms with van der Waals surface area (Å²) in [6, 6.07) is 5.17. The standard InChI is InChI=1S/C15H19BrN2O2/c1-10-5-11(2)7-12(6-10)9-17-13-3-4-14(16)15(8-13)18(19)20/h3-5,8,10,12,17H,6-7,9H2,1-2H3. The molecule has 5 heteroatoms. The summed E-state index contributed by atoms with van der Waals surface area (Å²) in [4.78, 5) is 10.5. The number of nitrogens with one attached hydrogen (secondary N) is 1. The van der Waals surface area contributed by atoms with E-state index in [0.29, 0.717) is 16.3 Å². The molecule has 108 valence electrons. The van der Waals surface area contributed by atoms with Gasteiger partial charge in [0, 0.05) is 18.3 Å². The van der Waals surface area contributed by atoms with E-state index in [4.69, 9.17) is 0 Å². The average Bonchev–Trinajstić information content (AvgIpc) is 2.36. The molecule has 0 saturated carbocycles. The van der Waals surface area contributed by atoms with E-state index in [-0.39, 0.29) is 10.6 Å². The largest absolute Gasteiger partial charge is 0.385 e. The molecular formula is C15H19BrN2O2. The number of nitro groups is 1. The van der Waals surface area contributed by atoms with Gasteiger partial charge < -0.3 is 5.32 Å². The van der Waals surface area contributed by atoms with Gasteiger partial charge in [-0.3, -0.25) is 10.1 Å². The number of anilines is 1. The van der Waals surface area contributed by atoms with Crippen molar-refractivity contribution in [3.8, 4) is 0 Å². The predicted octanol–water partition coefficient (Wildman–Crippen LogP) is 4.76. The van der Waals surface area contributed by atoms with E-state index >= 15 is 0 Å². The van der Waals surface area contributed by atoms with Gasteiger partial charge in [0.15, 0.2) is 0 Å². The van der Waals surface area contributed by atoms with E-state index in [1.165, 1.54) is 12.0 Å². The molecule has 0 aliphatic heterocycles. The van der Waals surface area contributed by atoms with Crippen LogP contribution in [0.25, 0.3) is 0 Å². The van der Waals surface area contributed by atoms with Gasteiger partial charge in [0.25, 0.3) is 5.69 Å². The van der Waals surface area contributed by atoms with E-state index < -0.39 is 0 Å². The molecule has 1 aliphatic carbocycles. The number of allylic oxidation sites excluding steroid dienone is 2. The van der Waals surface area contributed by atoms with Crippen LogP contribution in [0.2, 0.25) is 0 Å². The Bertz CT molecular complexity index is 543. The van der Waals surface area contributed by atoms with Crippen LogP contribution in [0.3, 0.4) is 0 Å². The number of halogens is 1. The fourth-order valence-electron chi connectivity index (χ4n) is 2.87. The second-order valence-electron chi connectivity index (χ2n) is 5.60. The van der Waals surface area contributed by atoms with Crippen molar-refractivity contribution >= 4 is 27.3 Å². The highest BCUT2D eigenvalue weighted by Gasteiger charge is 2.18. The van der Waals surface area contributed by atoms with Crippen LogP contribution in [0.5, 0.6) is 0 Å². The summed E-state index contributed by atoms with van der Waals surface area (Å²) in [6.07, 6.45) is 4.61. The summed E-state index contributed by atoms with van der Waals surface area (Å²) < 4.78 is 0.512. The first kappa shape index (κ1) is 15.0. The number of benzene rings is 1. The van der Waals surface area contributed by atoms with Crippen molar-refractivity contribution in [2.75, 3.05) is 11.9 Å². The van der Waals surface area contributed by atoms with Crippen molar-refractivity contribution in [2.45, 2.75) is 26.7 Å². The number of hydrogen-bond donors (Lipinski definition) is 1. The summed E-state index contributed by atoms with van der Waals surface area (Å²) >= 11 is 3.20. The Hall–Kier alpha value is -1.36. The Morgan fingerprint density at radius 2 is 2.25 bits per heavy atom. The molecule has 1 N–H and O–H groups in total. The van der Waals surface area contributed by atoms with Crippen molar-refractivity contribution in [3.63, 3.8) is 0 Å². The molecule has 2 atom stereocenters. The van der Waals surface area contributed by atoms with Crippen molar-refractivity contribution in [1.82, 2.24) is 0 Å². The van der Waals surface area contributed by atoms with Gasteiger partial charge >= 0.3 is 0 Å². The summed E-state index contributed by atoms with van der Waals surface area (Å²) in [6.45, 7) is 5.27. The van der Waals surface area contributed by atoms with Gasteiger partial charge in [0.1, 0.15) is 0 Å². The number of hydrogen-bond acceptors (Lipinski definition) is 3. The second-order valence-corrected chi connectivity index (χ2v) is 6.45. The third kappa shape index (κ3) is 3.82. The van der Waals surface area contributed by atoms with Crippen LogP contribution >= 0.6 is 15.9 Å². The maximum atomic E-state index is 10.9. The molecule has 0 bridgehead atoms. The minimum Gasteiger partial charge on any atom is -0.385 e. The lowest BCUT2D eigenvalue weighted by molar-refractivity contribution is -0.385. The maximum absolute atomic E-state index is 10.9. The summed E-state index contributed by atoms with van der Waals surface area (Å²) in [7, 11) is 0. The number of nitrogens with zero attached hydrogens (tertiary/aromatic N) is 1. The van der Waals surface area contributed by atoms with Gasteiger partial charge in [-0.05, 0) is 59.7 Å². The van der Waals surface area contributed by atoms with Gasteiger partial charge in [-0.1, -0.05) is 18.6 Å². The molecule has 0 radical (unpaired) electrons. The molecular weight excluding hydrogens is 320 g/mol. The third-order valence-corrected chi connectivity index (χ3v) is 4.29. The van der Waals surface area contributed by atoms with E-state index in [9.17, 15) is 10.1 Å². The smallest absolute Gasteiger partial charge is 0.285 e. The number of nitro benzene ring substituents is 1. The highest BCUT2D eigenvalue weighted by Crippen LogP contribution is 2.30. The first-order chi connectivity index (χ1) is 9.45. The molecule has 0 heterocycles. The fraction of sp³-hybridized carbons (Fsp3) is 0.467. The molecule has 0 spiro atoms. The van der Waals surface area contributed by atoms with E-state index in [1.54, 1.807) is 12.1 Å². The molecule has 20 heavy (non-hydrogen) atoms.